The zero-order valence-electron chi connectivity index (χ0n) is 12.8. The van der Waals surface area contributed by atoms with Crippen LogP contribution in [0.5, 0.6) is 0 Å². The Hall–Kier alpha value is -2.54. The standard InChI is InChI=1S/C16H19N5O2/c17-15(22)5-3-12-2-4-13(20-10-12)14-11-21(8-9-23-14)16-18-6-1-7-19-16/h1-2,4,6-7,10,14H,3,5,8-9,11H2,(H2,17,22). The van der Waals surface area contributed by atoms with Crippen LogP contribution in [0, 0.1) is 0 Å². The first-order valence-electron chi connectivity index (χ1n) is 7.59. The molecule has 120 valence electrons. The number of pyridine rings is 1. The van der Waals surface area contributed by atoms with E-state index in [0.29, 0.717) is 31.9 Å². The van der Waals surface area contributed by atoms with Crippen LogP contribution in [0.1, 0.15) is 23.8 Å². The lowest BCUT2D eigenvalue weighted by Gasteiger charge is -2.32. The van der Waals surface area contributed by atoms with E-state index in [1.54, 1.807) is 24.7 Å². The highest BCUT2D eigenvalue weighted by atomic mass is 16.5. The Morgan fingerprint density at radius 3 is 2.83 bits per heavy atom. The third kappa shape index (κ3) is 4.01. The van der Waals surface area contributed by atoms with E-state index in [1.165, 1.54) is 0 Å². The summed E-state index contributed by atoms with van der Waals surface area (Å²) in [6.07, 6.45) is 6.08. The third-order valence-electron chi connectivity index (χ3n) is 3.74. The second-order valence-corrected chi connectivity index (χ2v) is 5.41. The number of morpholine rings is 1. The molecular weight excluding hydrogens is 294 g/mol. The second kappa shape index (κ2) is 7.15. The molecule has 1 fully saturated rings. The zero-order chi connectivity index (χ0) is 16.1. The van der Waals surface area contributed by atoms with Gasteiger partial charge in [0.15, 0.2) is 0 Å². The molecule has 0 bridgehead atoms. The molecule has 1 unspecified atom stereocenters. The van der Waals surface area contributed by atoms with E-state index in [9.17, 15) is 4.79 Å². The molecule has 1 aliphatic rings. The van der Waals surface area contributed by atoms with Crippen molar-refractivity contribution in [3.05, 3.63) is 48.0 Å². The van der Waals surface area contributed by atoms with Crippen LogP contribution in [-0.2, 0) is 16.0 Å². The fourth-order valence-corrected chi connectivity index (χ4v) is 2.51. The topological polar surface area (TPSA) is 94.2 Å². The summed E-state index contributed by atoms with van der Waals surface area (Å²) in [4.78, 5) is 25.9. The van der Waals surface area contributed by atoms with Gasteiger partial charge < -0.3 is 15.4 Å². The first-order valence-corrected chi connectivity index (χ1v) is 7.59. The predicted molar refractivity (Wildman–Crippen MR) is 84.7 cm³/mol. The molecule has 7 heteroatoms. The molecule has 1 amide bonds. The molecule has 2 aromatic heterocycles. The molecule has 2 N–H and O–H groups in total. The van der Waals surface area contributed by atoms with E-state index in [1.807, 2.05) is 12.1 Å². The van der Waals surface area contributed by atoms with Gasteiger partial charge in [-0.05, 0) is 24.1 Å². The third-order valence-corrected chi connectivity index (χ3v) is 3.74. The molecule has 3 rings (SSSR count). The molecule has 2 aromatic rings. The first kappa shape index (κ1) is 15.4. The van der Waals surface area contributed by atoms with Gasteiger partial charge in [0.2, 0.25) is 11.9 Å². The summed E-state index contributed by atoms with van der Waals surface area (Å²) in [6, 6.07) is 5.71. The number of nitrogens with zero attached hydrogens (tertiary/aromatic N) is 4. The number of nitrogens with two attached hydrogens (primary N) is 1. The normalized spacial score (nSPS) is 17.9. The van der Waals surface area contributed by atoms with Gasteiger partial charge in [0.1, 0.15) is 6.10 Å². The fourth-order valence-electron chi connectivity index (χ4n) is 2.51. The molecule has 23 heavy (non-hydrogen) atoms. The zero-order valence-corrected chi connectivity index (χ0v) is 12.8. The molecule has 1 aliphatic heterocycles. The summed E-state index contributed by atoms with van der Waals surface area (Å²) in [5.74, 6) is 0.405. The van der Waals surface area contributed by atoms with Crippen LogP contribution in [0.3, 0.4) is 0 Å². The van der Waals surface area contributed by atoms with Crippen LogP contribution in [0.15, 0.2) is 36.8 Å². The smallest absolute Gasteiger partial charge is 0.225 e. The van der Waals surface area contributed by atoms with Gasteiger partial charge >= 0.3 is 0 Å². The maximum Gasteiger partial charge on any atom is 0.225 e. The van der Waals surface area contributed by atoms with E-state index in [0.717, 1.165) is 17.8 Å². The summed E-state index contributed by atoms with van der Waals surface area (Å²) in [5, 5.41) is 0. The van der Waals surface area contributed by atoms with Crippen molar-refractivity contribution in [3.8, 4) is 0 Å². The average Bonchev–Trinajstić information content (AvgIpc) is 2.61. The monoisotopic (exact) mass is 313 g/mol. The van der Waals surface area contributed by atoms with Crippen molar-refractivity contribution in [2.45, 2.75) is 18.9 Å². The van der Waals surface area contributed by atoms with Gasteiger partial charge in [-0.1, -0.05) is 6.07 Å². The van der Waals surface area contributed by atoms with E-state index >= 15 is 0 Å². The van der Waals surface area contributed by atoms with Crippen LogP contribution in [-0.4, -0.2) is 40.6 Å². The lowest BCUT2D eigenvalue weighted by Crippen LogP contribution is -2.39. The molecule has 0 aromatic carbocycles. The van der Waals surface area contributed by atoms with Crippen molar-refractivity contribution < 1.29 is 9.53 Å². The lowest BCUT2D eigenvalue weighted by molar-refractivity contribution is -0.117. The quantitative estimate of drug-likeness (QED) is 0.880. The number of anilines is 1. The van der Waals surface area contributed by atoms with Gasteiger partial charge in [0.25, 0.3) is 0 Å². The molecule has 3 heterocycles. The van der Waals surface area contributed by atoms with Gasteiger partial charge in [-0.15, -0.1) is 0 Å². The van der Waals surface area contributed by atoms with Crippen molar-refractivity contribution in [3.63, 3.8) is 0 Å². The molecule has 1 saturated heterocycles. The Kier molecular flexibility index (Phi) is 4.77. The van der Waals surface area contributed by atoms with Crippen LogP contribution < -0.4 is 10.6 Å². The minimum atomic E-state index is -0.303. The number of carbonyl (C=O) groups excluding carboxylic acids is 1. The Labute approximate surface area is 134 Å². The van der Waals surface area contributed by atoms with Crippen LogP contribution in [0.25, 0.3) is 0 Å². The predicted octanol–water partition coefficient (Wildman–Crippen LogP) is 0.867. The summed E-state index contributed by atoms with van der Waals surface area (Å²) < 4.78 is 5.82. The molecule has 7 nitrogen and oxygen atoms in total. The average molecular weight is 313 g/mol. The summed E-state index contributed by atoms with van der Waals surface area (Å²) in [7, 11) is 0. The van der Waals surface area contributed by atoms with Crippen LogP contribution >= 0.6 is 0 Å². The highest BCUT2D eigenvalue weighted by Crippen LogP contribution is 2.23. The van der Waals surface area contributed by atoms with Crippen molar-refractivity contribution in [2.24, 2.45) is 5.73 Å². The molecule has 1 atom stereocenters. The molecule has 0 radical (unpaired) electrons. The minimum Gasteiger partial charge on any atom is -0.370 e. The molecular formula is C16H19N5O2. The first-order chi connectivity index (χ1) is 11.2. The van der Waals surface area contributed by atoms with E-state index < -0.39 is 0 Å². The number of aryl methyl sites for hydroxylation is 1. The Balaban J connectivity index is 1.65. The van der Waals surface area contributed by atoms with E-state index in [2.05, 4.69) is 19.9 Å². The molecule has 0 spiro atoms. The van der Waals surface area contributed by atoms with Gasteiger partial charge in [-0.2, -0.15) is 0 Å². The number of carbonyl (C=O) groups is 1. The van der Waals surface area contributed by atoms with Crippen LogP contribution in [0.4, 0.5) is 5.95 Å². The number of hydrogen-bond donors (Lipinski definition) is 1. The fraction of sp³-hybridized carbons (Fsp3) is 0.375. The van der Waals surface area contributed by atoms with Gasteiger partial charge in [0.05, 0.1) is 18.8 Å². The number of aromatic nitrogens is 3. The maximum atomic E-state index is 10.8. The lowest BCUT2D eigenvalue weighted by atomic mass is 10.1. The van der Waals surface area contributed by atoms with Crippen molar-refractivity contribution in [2.75, 3.05) is 24.6 Å². The van der Waals surface area contributed by atoms with E-state index in [-0.39, 0.29) is 12.0 Å². The highest BCUT2D eigenvalue weighted by molar-refractivity contribution is 5.73. The Morgan fingerprint density at radius 1 is 1.30 bits per heavy atom. The Morgan fingerprint density at radius 2 is 2.13 bits per heavy atom. The number of amides is 1. The number of ether oxygens (including phenoxy) is 1. The van der Waals surface area contributed by atoms with Crippen molar-refractivity contribution in [1.82, 2.24) is 15.0 Å². The number of primary amides is 1. The SMILES string of the molecule is NC(=O)CCc1ccc(C2CN(c3ncccn3)CCO2)nc1. The van der Waals surface area contributed by atoms with Crippen LogP contribution in [0.2, 0.25) is 0 Å². The second-order valence-electron chi connectivity index (χ2n) is 5.41. The Bertz CT molecular complexity index is 647. The highest BCUT2D eigenvalue weighted by Gasteiger charge is 2.24. The summed E-state index contributed by atoms with van der Waals surface area (Å²) >= 11 is 0. The van der Waals surface area contributed by atoms with Gasteiger partial charge in [-0.25, -0.2) is 9.97 Å². The van der Waals surface area contributed by atoms with Crippen molar-refractivity contribution >= 4 is 11.9 Å². The number of hydrogen-bond acceptors (Lipinski definition) is 6. The van der Waals surface area contributed by atoms with Crippen molar-refractivity contribution in [1.29, 1.82) is 0 Å². The largest absolute Gasteiger partial charge is 0.370 e. The van der Waals surface area contributed by atoms with Gasteiger partial charge in [0, 0.05) is 31.6 Å². The van der Waals surface area contributed by atoms with Gasteiger partial charge in [-0.3, -0.25) is 9.78 Å². The summed E-state index contributed by atoms with van der Waals surface area (Å²) in [6.45, 7) is 2.03. The molecule has 0 saturated carbocycles. The summed E-state index contributed by atoms with van der Waals surface area (Å²) in [5.41, 5.74) is 7.02. The molecule has 0 aliphatic carbocycles. The maximum absolute atomic E-state index is 10.8. The minimum absolute atomic E-state index is 0.113. The number of rotatable bonds is 5. The van der Waals surface area contributed by atoms with E-state index in [4.69, 9.17) is 10.5 Å².